The number of morpholine rings is 1. The molecule has 0 bridgehead atoms. The third kappa shape index (κ3) is 5.65. The zero-order chi connectivity index (χ0) is 16.5. The maximum atomic E-state index is 12.1. The molecular formula is C17H24N2O4. The molecule has 1 aromatic carbocycles. The summed E-state index contributed by atoms with van der Waals surface area (Å²) in [5.41, 5.74) is 1.04. The fraction of sp³-hybridized carbons (Fsp3) is 0.529. The minimum atomic E-state index is -0.497. The van der Waals surface area contributed by atoms with E-state index >= 15 is 0 Å². The topological polar surface area (TPSA) is 76.7 Å². The number of hydrogen-bond acceptors (Lipinski definition) is 5. The number of nitrogens with one attached hydrogen (secondary N) is 2. The van der Waals surface area contributed by atoms with Crippen LogP contribution >= 0.6 is 0 Å². The van der Waals surface area contributed by atoms with E-state index < -0.39 is 12.0 Å². The van der Waals surface area contributed by atoms with Crippen LogP contribution < -0.4 is 10.6 Å². The molecule has 2 unspecified atom stereocenters. The van der Waals surface area contributed by atoms with E-state index in [2.05, 4.69) is 10.6 Å². The van der Waals surface area contributed by atoms with Crippen molar-refractivity contribution in [3.8, 4) is 0 Å². The number of rotatable bonds is 7. The van der Waals surface area contributed by atoms with Crippen molar-refractivity contribution < 1.29 is 19.1 Å². The van der Waals surface area contributed by atoms with Gasteiger partial charge in [-0.05, 0) is 18.9 Å². The Kier molecular flexibility index (Phi) is 7.03. The molecule has 2 rings (SSSR count). The predicted molar refractivity (Wildman–Crippen MR) is 85.9 cm³/mol. The molecule has 0 aromatic heterocycles. The van der Waals surface area contributed by atoms with E-state index in [0.29, 0.717) is 26.2 Å². The van der Waals surface area contributed by atoms with Crippen molar-refractivity contribution in [3.63, 3.8) is 0 Å². The molecule has 2 atom stereocenters. The number of amides is 1. The van der Waals surface area contributed by atoms with Gasteiger partial charge in [-0.25, -0.2) is 0 Å². The molecule has 1 aromatic rings. The summed E-state index contributed by atoms with van der Waals surface area (Å²) in [5, 5.41) is 5.92. The summed E-state index contributed by atoms with van der Waals surface area (Å²) in [6.07, 6.45) is 0.0346. The number of carbonyl (C=O) groups excluding carboxylic acids is 2. The van der Waals surface area contributed by atoms with Gasteiger partial charge in [0, 0.05) is 19.6 Å². The lowest BCUT2D eigenvalue weighted by Crippen LogP contribution is -2.49. The number of benzene rings is 1. The number of ether oxygens (including phenoxy) is 2. The standard InChI is InChI=1S/C17H24N2O4/c1-2-22-17(21)14(10-13-6-4-3-5-7-13)11-19-16(20)15-12-18-8-9-23-15/h3-7,14-15,18H,2,8-12H2,1H3,(H,19,20). The molecule has 1 aliphatic heterocycles. The third-order valence-corrected chi connectivity index (χ3v) is 3.69. The first-order valence-corrected chi connectivity index (χ1v) is 8.01. The smallest absolute Gasteiger partial charge is 0.311 e. The Morgan fingerprint density at radius 2 is 2.17 bits per heavy atom. The summed E-state index contributed by atoms with van der Waals surface area (Å²) in [6, 6.07) is 9.71. The fourth-order valence-electron chi connectivity index (χ4n) is 2.47. The predicted octanol–water partition coefficient (Wildman–Crippen LogP) is 0.513. The van der Waals surface area contributed by atoms with E-state index in [-0.39, 0.29) is 18.4 Å². The normalized spacial score (nSPS) is 18.9. The van der Waals surface area contributed by atoms with Crippen LogP contribution in [0.1, 0.15) is 12.5 Å². The van der Waals surface area contributed by atoms with Gasteiger partial charge in [0.2, 0.25) is 5.91 Å². The summed E-state index contributed by atoms with van der Waals surface area (Å²) in [6.45, 7) is 4.11. The van der Waals surface area contributed by atoms with Crippen molar-refractivity contribution in [2.75, 3.05) is 32.8 Å². The van der Waals surface area contributed by atoms with Gasteiger partial charge in [-0.2, -0.15) is 0 Å². The maximum Gasteiger partial charge on any atom is 0.311 e. The van der Waals surface area contributed by atoms with Gasteiger partial charge in [-0.15, -0.1) is 0 Å². The third-order valence-electron chi connectivity index (χ3n) is 3.69. The van der Waals surface area contributed by atoms with Crippen molar-refractivity contribution in [2.45, 2.75) is 19.4 Å². The van der Waals surface area contributed by atoms with Crippen molar-refractivity contribution in [1.82, 2.24) is 10.6 Å². The first-order valence-electron chi connectivity index (χ1n) is 8.01. The van der Waals surface area contributed by atoms with E-state index in [4.69, 9.17) is 9.47 Å². The van der Waals surface area contributed by atoms with Gasteiger partial charge in [0.05, 0.1) is 19.1 Å². The average Bonchev–Trinajstić information content (AvgIpc) is 2.60. The van der Waals surface area contributed by atoms with Gasteiger partial charge in [0.25, 0.3) is 0 Å². The second-order valence-corrected chi connectivity index (χ2v) is 5.45. The van der Waals surface area contributed by atoms with Crippen molar-refractivity contribution in [2.24, 2.45) is 5.92 Å². The minimum absolute atomic E-state index is 0.195. The maximum absolute atomic E-state index is 12.1. The van der Waals surface area contributed by atoms with Crippen LogP contribution in [0.15, 0.2) is 30.3 Å². The zero-order valence-electron chi connectivity index (χ0n) is 13.4. The molecule has 1 amide bonds. The molecule has 1 saturated heterocycles. The molecule has 0 radical (unpaired) electrons. The highest BCUT2D eigenvalue weighted by Gasteiger charge is 2.25. The molecule has 1 fully saturated rings. The van der Waals surface area contributed by atoms with Gasteiger partial charge in [0.1, 0.15) is 6.10 Å². The molecule has 23 heavy (non-hydrogen) atoms. The first-order chi connectivity index (χ1) is 11.2. The molecule has 6 heteroatoms. The molecule has 6 nitrogen and oxygen atoms in total. The number of esters is 1. The van der Waals surface area contributed by atoms with Crippen LogP contribution in [0.25, 0.3) is 0 Å². The van der Waals surface area contributed by atoms with Crippen LogP contribution in [0, 0.1) is 5.92 Å². The van der Waals surface area contributed by atoms with Crippen LogP contribution in [0.4, 0.5) is 0 Å². The lowest BCUT2D eigenvalue weighted by molar-refractivity contribution is -0.148. The molecule has 2 N–H and O–H groups in total. The van der Waals surface area contributed by atoms with Crippen molar-refractivity contribution in [3.05, 3.63) is 35.9 Å². The highest BCUT2D eigenvalue weighted by molar-refractivity contribution is 5.82. The Hall–Kier alpha value is -1.92. The van der Waals surface area contributed by atoms with Crippen LogP contribution in [0.3, 0.4) is 0 Å². The van der Waals surface area contributed by atoms with E-state index in [1.807, 2.05) is 30.3 Å². The average molecular weight is 320 g/mol. The molecule has 0 aliphatic carbocycles. The highest BCUT2D eigenvalue weighted by Crippen LogP contribution is 2.10. The zero-order valence-corrected chi connectivity index (χ0v) is 13.4. The van der Waals surface area contributed by atoms with Crippen molar-refractivity contribution >= 4 is 11.9 Å². The van der Waals surface area contributed by atoms with Crippen LogP contribution in [0.5, 0.6) is 0 Å². The molecule has 0 saturated carbocycles. The first kappa shape index (κ1) is 17.4. The number of hydrogen-bond donors (Lipinski definition) is 2. The summed E-state index contributed by atoms with van der Waals surface area (Å²) in [7, 11) is 0. The summed E-state index contributed by atoms with van der Waals surface area (Å²) in [5.74, 6) is -0.892. The van der Waals surface area contributed by atoms with E-state index in [1.54, 1.807) is 6.92 Å². The molecule has 0 spiro atoms. The van der Waals surface area contributed by atoms with Crippen molar-refractivity contribution in [1.29, 1.82) is 0 Å². The summed E-state index contributed by atoms with van der Waals surface area (Å²) < 4.78 is 10.5. The molecular weight excluding hydrogens is 296 g/mol. The fourth-order valence-corrected chi connectivity index (χ4v) is 2.47. The van der Waals surface area contributed by atoms with E-state index in [1.165, 1.54) is 0 Å². The lowest BCUT2D eigenvalue weighted by Gasteiger charge is -2.24. The Labute approximate surface area is 136 Å². The SMILES string of the molecule is CCOC(=O)C(CNC(=O)C1CNCCO1)Cc1ccccc1. The largest absolute Gasteiger partial charge is 0.466 e. The van der Waals surface area contributed by atoms with Gasteiger partial charge in [0.15, 0.2) is 0 Å². The second-order valence-electron chi connectivity index (χ2n) is 5.45. The Balaban J connectivity index is 1.91. The minimum Gasteiger partial charge on any atom is -0.466 e. The Bertz CT molecular complexity index is 501. The summed E-state index contributed by atoms with van der Waals surface area (Å²) in [4.78, 5) is 24.2. The van der Waals surface area contributed by atoms with Crippen LogP contribution in [-0.2, 0) is 25.5 Å². The highest BCUT2D eigenvalue weighted by atomic mass is 16.5. The second kappa shape index (κ2) is 9.27. The van der Waals surface area contributed by atoms with E-state index in [0.717, 1.165) is 12.1 Å². The lowest BCUT2D eigenvalue weighted by atomic mass is 9.99. The van der Waals surface area contributed by atoms with Crippen LogP contribution in [-0.4, -0.2) is 50.8 Å². The van der Waals surface area contributed by atoms with Gasteiger partial charge >= 0.3 is 5.97 Å². The van der Waals surface area contributed by atoms with Crippen LogP contribution in [0.2, 0.25) is 0 Å². The Morgan fingerprint density at radius 3 is 2.83 bits per heavy atom. The van der Waals surface area contributed by atoms with Gasteiger partial charge in [-0.1, -0.05) is 30.3 Å². The quantitative estimate of drug-likeness (QED) is 0.716. The number of carbonyl (C=O) groups is 2. The molecule has 126 valence electrons. The Morgan fingerprint density at radius 1 is 1.39 bits per heavy atom. The van der Waals surface area contributed by atoms with E-state index in [9.17, 15) is 9.59 Å². The summed E-state index contributed by atoms with van der Waals surface area (Å²) >= 11 is 0. The van der Waals surface area contributed by atoms with Gasteiger partial charge in [-0.3, -0.25) is 9.59 Å². The monoisotopic (exact) mass is 320 g/mol. The molecule has 1 aliphatic rings. The van der Waals surface area contributed by atoms with Gasteiger partial charge < -0.3 is 20.1 Å². The molecule has 1 heterocycles.